The molecule has 1 aliphatic carbocycles. The van der Waals surface area contributed by atoms with E-state index in [2.05, 4.69) is 20.4 Å². The summed E-state index contributed by atoms with van der Waals surface area (Å²) < 4.78 is 15.2. The molecule has 4 heterocycles. The summed E-state index contributed by atoms with van der Waals surface area (Å²) in [6.45, 7) is 0. The van der Waals surface area contributed by atoms with E-state index in [1.54, 1.807) is 58.0 Å². The minimum atomic E-state index is -0.437. The molecule has 0 spiro atoms. The van der Waals surface area contributed by atoms with Crippen LogP contribution in [0.2, 0.25) is 0 Å². The Hall–Kier alpha value is -4.73. The van der Waals surface area contributed by atoms with Gasteiger partial charge in [-0.1, -0.05) is 19.3 Å². The second-order valence-electron chi connectivity index (χ2n) is 9.42. The average molecular weight is 511 g/mol. The number of rotatable bonds is 6. The van der Waals surface area contributed by atoms with Gasteiger partial charge in [-0.25, -0.2) is 9.97 Å². The summed E-state index contributed by atoms with van der Waals surface area (Å²) in [4.78, 5) is 34.4. The van der Waals surface area contributed by atoms with Crippen LogP contribution in [-0.2, 0) is 7.05 Å². The molecule has 0 bridgehead atoms. The summed E-state index contributed by atoms with van der Waals surface area (Å²) in [7, 11) is 1.83. The van der Waals surface area contributed by atoms with Crippen LogP contribution >= 0.6 is 0 Å². The molecule has 0 saturated heterocycles. The van der Waals surface area contributed by atoms with Gasteiger partial charge in [0, 0.05) is 31.2 Å². The van der Waals surface area contributed by atoms with Gasteiger partial charge in [0.1, 0.15) is 28.8 Å². The van der Waals surface area contributed by atoms with Crippen molar-refractivity contribution in [2.75, 3.05) is 5.32 Å². The summed E-state index contributed by atoms with van der Waals surface area (Å²) in [5.74, 6) is 1.04. The highest BCUT2D eigenvalue weighted by atomic mass is 16.5. The first-order valence-corrected chi connectivity index (χ1v) is 12.6. The molecule has 0 atom stereocenters. The highest BCUT2D eigenvalue weighted by Gasteiger charge is 2.20. The quantitative estimate of drug-likeness (QED) is 0.328. The summed E-state index contributed by atoms with van der Waals surface area (Å²) in [6, 6.07) is 12.2. The number of carbonyl (C=O) groups excluding carboxylic acids is 1. The fourth-order valence-corrected chi connectivity index (χ4v) is 4.85. The van der Waals surface area contributed by atoms with E-state index in [1.165, 1.54) is 12.7 Å². The number of ether oxygens (including phenoxy) is 1. The van der Waals surface area contributed by atoms with Crippen molar-refractivity contribution in [3.8, 4) is 23.0 Å². The molecule has 38 heavy (non-hydrogen) atoms. The Labute approximate surface area is 217 Å². The van der Waals surface area contributed by atoms with Crippen molar-refractivity contribution in [3.63, 3.8) is 0 Å². The number of hydrogen-bond donors (Lipinski definition) is 1. The van der Waals surface area contributed by atoms with E-state index in [-0.39, 0.29) is 17.2 Å². The van der Waals surface area contributed by atoms with Gasteiger partial charge in [-0.05, 0) is 55.3 Å². The Morgan fingerprint density at radius 1 is 1.11 bits per heavy atom. The Morgan fingerprint density at radius 2 is 1.92 bits per heavy atom. The predicted octanol–water partition coefficient (Wildman–Crippen LogP) is 5.33. The number of amides is 1. The lowest BCUT2D eigenvalue weighted by atomic mass is 9.95. The van der Waals surface area contributed by atoms with Crippen molar-refractivity contribution >= 4 is 22.7 Å². The topological polar surface area (TPSA) is 117 Å². The van der Waals surface area contributed by atoms with Crippen molar-refractivity contribution in [3.05, 3.63) is 83.3 Å². The van der Waals surface area contributed by atoms with Crippen LogP contribution in [0.3, 0.4) is 0 Å². The maximum atomic E-state index is 13.0. The number of benzene rings is 1. The van der Waals surface area contributed by atoms with E-state index in [0.717, 1.165) is 31.2 Å². The fourth-order valence-electron chi connectivity index (χ4n) is 4.85. The first kappa shape index (κ1) is 23.7. The second-order valence-corrected chi connectivity index (χ2v) is 9.42. The molecule has 10 heteroatoms. The van der Waals surface area contributed by atoms with Gasteiger partial charge < -0.3 is 19.0 Å². The van der Waals surface area contributed by atoms with Crippen molar-refractivity contribution in [2.45, 2.75) is 38.1 Å². The third-order valence-electron chi connectivity index (χ3n) is 6.80. The van der Waals surface area contributed by atoms with Crippen molar-refractivity contribution < 1.29 is 13.9 Å². The van der Waals surface area contributed by atoms with Gasteiger partial charge in [0.25, 0.3) is 11.5 Å². The highest BCUT2D eigenvalue weighted by Crippen LogP contribution is 2.33. The van der Waals surface area contributed by atoms with E-state index in [0.29, 0.717) is 34.2 Å². The zero-order chi connectivity index (χ0) is 26.1. The highest BCUT2D eigenvalue weighted by molar-refractivity contribution is 6.04. The maximum absolute atomic E-state index is 13.0. The Balaban J connectivity index is 1.17. The normalized spacial score (nSPS) is 14.0. The third kappa shape index (κ3) is 4.68. The number of aromatic nitrogens is 5. The van der Waals surface area contributed by atoms with Gasteiger partial charge in [-0.2, -0.15) is 5.10 Å². The van der Waals surface area contributed by atoms with Crippen LogP contribution in [0.15, 0.2) is 76.6 Å². The zero-order valence-electron chi connectivity index (χ0n) is 20.8. The van der Waals surface area contributed by atoms with Gasteiger partial charge in [0.05, 0.1) is 11.8 Å². The maximum Gasteiger partial charge on any atom is 0.263 e. The van der Waals surface area contributed by atoms with Gasteiger partial charge in [0.15, 0.2) is 0 Å². The summed E-state index contributed by atoms with van der Waals surface area (Å²) in [6.07, 6.45) is 12.1. The molecule has 0 aliphatic heterocycles. The summed E-state index contributed by atoms with van der Waals surface area (Å²) >= 11 is 0. The van der Waals surface area contributed by atoms with Crippen molar-refractivity contribution in [1.82, 2.24) is 24.3 Å². The summed E-state index contributed by atoms with van der Waals surface area (Å²) in [5.41, 5.74) is 1.64. The van der Waals surface area contributed by atoms with E-state index in [4.69, 9.17) is 9.15 Å². The van der Waals surface area contributed by atoms with Crippen LogP contribution in [0, 0.1) is 0 Å². The number of nitrogens with one attached hydrogen (secondary N) is 1. The van der Waals surface area contributed by atoms with Gasteiger partial charge in [-0.15, -0.1) is 0 Å². The van der Waals surface area contributed by atoms with E-state index in [9.17, 15) is 9.59 Å². The molecule has 6 rings (SSSR count). The number of furan rings is 1. The molecule has 1 amide bonds. The Bertz CT molecular complexity index is 1660. The first-order valence-electron chi connectivity index (χ1n) is 12.6. The zero-order valence-corrected chi connectivity index (χ0v) is 20.8. The van der Waals surface area contributed by atoms with E-state index < -0.39 is 5.91 Å². The lowest BCUT2D eigenvalue weighted by Crippen LogP contribution is -2.31. The standard InChI is InChI=1S/C28H26N6O4/c1-33-16-18(15-31-33)24-14-23-26(29-17-30-27(23)38-24)37-21-11-9-19(10-12-21)32-25(35)22-8-5-13-34(28(22)36)20-6-3-2-4-7-20/h5,8-17,20H,2-4,6-7H2,1H3,(H,32,35). The van der Waals surface area contributed by atoms with Gasteiger partial charge >= 0.3 is 0 Å². The number of carbonyl (C=O) groups is 1. The van der Waals surface area contributed by atoms with Crippen LogP contribution in [0.5, 0.6) is 11.6 Å². The van der Waals surface area contributed by atoms with E-state index >= 15 is 0 Å². The minimum Gasteiger partial charge on any atom is -0.438 e. The lowest BCUT2D eigenvalue weighted by Gasteiger charge is -2.24. The molecule has 4 aromatic heterocycles. The molecular weight excluding hydrogens is 484 g/mol. The molecule has 5 aromatic rings. The lowest BCUT2D eigenvalue weighted by molar-refractivity contribution is 0.102. The molecular formula is C28H26N6O4. The number of anilines is 1. The predicted molar refractivity (Wildman–Crippen MR) is 141 cm³/mol. The Kier molecular flexibility index (Phi) is 6.20. The SMILES string of the molecule is Cn1cc(-c2cc3c(Oc4ccc(NC(=O)c5cccn(C6CCCCC6)c5=O)cc4)ncnc3o2)cn1. The van der Waals surface area contributed by atoms with Crippen LogP contribution in [0.4, 0.5) is 5.69 Å². The number of hydrogen-bond acceptors (Lipinski definition) is 7. The third-order valence-corrected chi connectivity index (χ3v) is 6.80. The monoisotopic (exact) mass is 510 g/mol. The van der Waals surface area contributed by atoms with Crippen LogP contribution in [0.1, 0.15) is 48.5 Å². The van der Waals surface area contributed by atoms with Crippen LogP contribution in [0.25, 0.3) is 22.4 Å². The van der Waals surface area contributed by atoms with Crippen LogP contribution in [-0.4, -0.2) is 30.2 Å². The number of aryl methyl sites for hydroxylation is 1. The van der Waals surface area contributed by atoms with Crippen molar-refractivity contribution in [1.29, 1.82) is 0 Å². The molecule has 192 valence electrons. The fraction of sp³-hybridized carbons (Fsp3) is 0.250. The second kappa shape index (κ2) is 9.97. The number of fused-ring (bicyclic) bond motifs is 1. The number of nitrogens with zero attached hydrogens (tertiary/aromatic N) is 5. The molecule has 0 unspecified atom stereocenters. The number of pyridine rings is 1. The summed E-state index contributed by atoms with van der Waals surface area (Å²) in [5, 5.41) is 7.62. The molecule has 0 radical (unpaired) electrons. The first-order chi connectivity index (χ1) is 18.5. The molecule has 1 N–H and O–H groups in total. The molecule has 10 nitrogen and oxygen atoms in total. The van der Waals surface area contributed by atoms with Crippen molar-refractivity contribution in [2.24, 2.45) is 7.05 Å². The largest absolute Gasteiger partial charge is 0.438 e. The van der Waals surface area contributed by atoms with E-state index in [1.807, 2.05) is 19.3 Å². The minimum absolute atomic E-state index is 0.131. The van der Waals surface area contributed by atoms with Crippen LogP contribution < -0.4 is 15.6 Å². The molecule has 1 aromatic carbocycles. The smallest absolute Gasteiger partial charge is 0.263 e. The Morgan fingerprint density at radius 3 is 2.68 bits per heavy atom. The molecule has 1 fully saturated rings. The van der Waals surface area contributed by atoms with Gasteiger partial charge in [-0.3, -0.25) is 14.3 Å². The molecule has 1 aliphatic rings. The van der Waals surface area contributed by atoms with Gasteiger partial charge in [0.2, 0.25) is 11.6 Å². The molecule has 1 saturated carbocycles. The average Bonchev–Trinajstić information content (AvgIpc) is 3.57.